The van der Waals surface area contributed by atoms with Crippen LogP contribution in [0, 0.1) is 17.4 Å². The number of hydrogen-bond acceptors (Lipinski definition) is 4. The smallest absolute Gasteiger partial charge is 0.437 e. The molecule has 7 nitrogen and oxygen atoms in total. The summed E-state index contributed by atoms with van der Waals surface area (Å²) >= 11 is 6.96. The highest BCUT2D eigenvalue weighted by Crippen LogP contribution is 2.42. The summed E-state index contributed by atoms with van der Waals surface area (Å²) in [5, 5.41) is 4.09. The molecule has 1 aromatic carbocycles. The molecule has 44 heavy (non-hydrogen) atoms. The van der Waals surface area contributed by atoms with Gasteiger partial charge in [0.15, 0.2) is 8.32 Å². The summed E-state index contributed by atoms with van der Waals surface area (Å²) in [4.78, 5) is 33.2. The topological polar surface area (TPSA) is 80.2 Å². The first-order valence-corrected chi connectivity index (χ1v) is 22.6. The Balaban J connectivity index is 1.97. The van der Waals surface area contributed by atoms with Crippen molar-refractivity contribution in [2.75, 3.05) is 0 Å². The molecule has 4 atom stereocenters. The Hall–Kier alpha value is -2.13. The molecule has 1 N–H and O–H groups in total. The second-order valence-electron chi connectivity index (χ2n) is 16.3. The predicted octanol–water partition coefficient (Wildman–Crippen LogP) is 8.48. The first-order valence-electron chi connectivity index (χ1n) is 15.8. The molecule has 1 aromatic rings. The molecule has 1 saturated heterocycles. The molecule has 0 spiro atoms. The van der Waals surface area contributed by atoms with Crippen LogP contribution in [0.4, 0.5) is 4.79 Å². The molecule has 1 heterocycles. The van der Waals surface area contributed by atoms with E-state index in [4.69, 9.17) is 20.8 Å². The van der Waals surface area contributed by atoms with Crippen LogP contribution in [0.2, 0.25) is 42.8 Å². The lowest BCUT2D eigenvalue weighted by Gasteiger charge is -2.48. The van der Waals surface area contributed by atoms with Crippen LogP contribution in [0.5, 0.6) is 0 Å². The van der Waals surface area contributed by atoms with Crippen molar-refractivity contribution >= 4 is 46.0 Å². The maximum Gasteiger partial charge on any atom is 0.437 e. The van der Waals surface area contributed by atoms with Crippen molar-refractivity contribution in [3.63, 3.8) is 0 Å². The number of nitrogens with one attached hydrogen (secondary N) is 1. The number of halogens is 1. The van der Waals surface area contributed by atoms with Gasteiger partial charge in [0.05, 0.1) is 17.0 Å². The SMILES string of the molecule is C[C@H]1C[C@@H](N2C(=O)C[C@@](C)(c3cccc(C#C[Si](C)(C)C)c3Cl)N/C2=N\C(=O)OC(C)(C)C)CC[C@H]1O[Si](C)(C)C(C)(C)C. The first kappa shape index (κ1) is 36.3. The van der Waals surface area contributed by atoms with E-state index in [2.05, 4.69) is 82.2 Å². The molecule has 1 saturated carbocycles. The Morgan fingerprint density at radius 3 is 2.30 bits per heavy atom. The summed E-state index contributed by atoms with van der Waals surface area (Å²) in [6, 6.07) is 5.60. The zero-order valence-corrected chi connectivity index (χ0v) is 32.0. The maximum atomic E-state index is 14.1. The van der Waals surface area contributed by atoms with Crippen LogP contribution < -0.4 is 5.32 Å². The number of nitrogens with zero attached hydrogens (tertiary/aromatic N) is 2. The van der Waals surface area contributed by atoms with E-state index in [-0.39, 0.29) is 41.4 Å². The number of carbonyl (C=O) groups is 2. The van der Waals surface area contributed by atoms with Gasteiger partial charge in [0.2, 0.25) is 11.9 Å². The molecule has 1 aliphatic carbocycles. The average molecular weight is 660 g/mol. The summed E-state index contributed by atoms with van der Waals surface area (Å²) in [5.74, 6) is 3.60. The Morgan fingerprint density at radius 2 is 1.75 bits per heavy atom. The zero-order chi connectivity index (χ0) is 33.5. The quantitative estimate of drug-likeness (QED) is 0.259. The highest BCUT2D eigenvalue weighted by atomic mass is 35.5. The maximum absolute atomic E-state index is 14.1. The largest absolute Gasteiger partial charge is 0.442 e. The fourth-order valence-corrected chi connectivity index (χ4v) is 7.82. The van der Waals surface area contributed by atoms with Crippen LogP contribution in [0.25, 0.3) is 0 Å². The predicted molar refractivity (Wildman–Crippen MR) is 186 cm³/mol. The molecule has 1 aliphatic heterocycles. The lowest BCUT2D eigenvalue weighted by atomic mass is 9.81. The number of hydrogen-bond donors (Lipinski definition) is 1. The lowest BCUT2D eigenvalue weighted by Crippen LogP contribution is -2.63. The van der Waals surface area contributed by atoms with Crippen LogP contribution in [-0.2, 0) is 19.5 Å². The Kier molecular flexibility index (Phi) is 10.7. The molecule has 2 aliphatic rings. The minimum atomic E-state index is -1.95. The third kappa shape index (κ3) is 8.99. The van der Waals surface area contributed by atoms with E-state index in [1.54, 1.807) is 25.7 Å². The fourth-order valence-electron chi connectivity index (χ4n) is 5.46. The van der Waals surface area contributed by atoms with Crippen LogP contribution in [0.1, 0.15) is 92.2 Å². The van der Waals surface area contributed by atoms with Gasteiger partial charge in [-0.05, 0) is 82.6 Å². The van der Waals surface area contributed by atoms with Crippen LogP contribution in [0.15, 0.2) is 23.2 Å². The summed E-state index contributed by atoms with van der Waals surface area (Å²) < 4.78 is 12.4. The molecular weight excluding hydrogens is 606 g/mol. The number of guanidine groups is 1. The molecule has 2 amide bonds. The summed E-state index contributed by atoms with van der Waals surface area (Å²) in [6.07, 6.45) is 1.88. The number of rotatable bonds is 4. The molecule has 0 unspecified atom stereocenters. The second kappa shape index (κ2) is 12.9. The van der Waals surface area contributed by atoms with Crippen molar-refractivity contribution in [3.8, 4) is 11.5 Å². The van der Waals surface area contributed by atoms with Crippen LogP contribution in [0.3, 0.4) is 0 Å². The minimum absolute atomic E-state index is 0.107. The van der Waals surface area contributed by atoms with Crippen molar-refractivity contribution in [2.24, 2.45) is 10.9 Å². The van der Waals surface area contributed by atoms with Gasteiger partial charge in [0.25, 0.3) is 0 Å². The normalized spacial score (nSPS) is 26.1. The molecule has 0 radical (unpaired) electrons. The molecule has 2 fully saturated rings. The van der Waals surface area contributed by atoms with Crippen molar-refractivity contribution in [2.45, 2.75) is 142 Å². The van der Waals surface area contributed by atoms with Gasteiger partial charge in [-0.2, -0.15) is 0 Å². The van der Waals surface area contributed by atoms with Gasteiger partial charge in [-0.15, -0.1) is 10.5 Å². The van der Waals surface area contributed by atoms with Gasteiger partial charge in [-0.3, -0.25) is 9.69 Å². The van der Waals surface area contributed by atoms with Gasteiger partial charge in [-0.1, -0.05) is 77.0 Å². The monoisotopic (exact) mass is 659 g/mol. The summed E-state index contributed by atoms with van der Waals surface area (Å²) in [6.45, 7) is 27.4. The van der Waals surface area contributed by atoms with Gasteiger partial charge in [-0.25, -0.2) is 4.79 Å². The molecule has 0 bridgehead atoms. The Bertz CT molecular complexity index is 1350. The van der Waals surface area contributed by atoms with Crippen LogP contribution in [-0.4, -0.2) is 57.0 Å². The van der Waals surface area contributed by atoms with Crippen LogP contribution >= 0.6 is 11.6 Å². The highest BCUT2D eigenvalue weighted by Gasteiger charge is 2.47. The van der Waals surface area contributed by atoms with E-state index >= 15 is 0 Å². The number of aliphatic imine (C=N–C) groups is 1. The highest BCUT2D eigenvalue weighted by molar-refractivity contribution is 6.83. The van der Waals surface area contributed by atoms with E-state index in [1.807, 2.05) is 25.1 Å². The molecule has 10 heteroatoms. The number of amides is 2. The van der Waals surface area contributed by atoms with Gasteiger partial charge < -0.3 is 14.5 Å². The summed E-state index contributed by atoms with van der Waals surface area (Å²) in [7, 11) is -3.58. The Labute approximate surface area is 273 Å². The van der Waals surface area contributed by atoms with E-state index in [0.29, 0.717) is 5.02 Å². The third-order valence-electron chi connectivity index (χ3n) is 8.83. The molecule has 0 aromatic heterocycles. The zero-order valence-electron chi connectivity index (χ0n) is 29.2. The molecule has 244 valence electrons. The summed E-state index contributed by atoms with van der Waals surface area (Å²) in [5.41, 5.74) is 3.22. The molecule has 3 rings (SSSR count). The van der Waals surface area contributed by atoms with E-state index in [1.165, 1.54) is 0 Å². The molecular formula is C34H54ClN3O4Si2. The lowest BCUT2D eigenvalue weighted by molar-refractivity contribution is -0.133. The minimum Gasteiger partial charge on any atom is -0.442 e. The van der Waals surface area contributed by atoms with E-state index < -0.39 is 33.6 Å². The number of carbonyl (C=O) groups excluding carboxylic acids is 2. The standard InChI is InChI=1S/C34H54ClN3O4Si2/c1-23-21-25(17-18-27(23)42-44(12,13)33(5,6)7)38-28(39)22-34(8,37-30(38)36-31(40)41-32(2,3)4)26-16-14-15-24(29(26)35)19-20-43(9,10)11/h14-16,23,25,27H,17-18,21-22H2,1-13H3,(H,36,37,40)/t23-,25-,27+,34-/m0/s1. The average Bonchev–Trinajstić information content (AvgIpc) is 2.82. The van der Waals surface area contributed by atoms with Crippen molar-refractivity contribution in [3.05, 3.63) is 34.3 Å². The van der Waals surface area contributed by atoms with Crippen molar-refractivity contribution in [1.82, 2.24) is 10.2 Å². The van der Waals surface area contributed by atoms with Gasteiger partial charge in [0.1, 0.15) is 13.7 Å². The van der Waals surface area contributed by atoms with Crippen molar-refractivity contribution < 1.29 is 18.8 Å². The van der Waals surface area contributed by atoms with E-state index in [0.717, 1.165) is 30.4 Å². The van der Waals surface area contributed by atoms with Crippen molar-refractivity contribution in [1.29, 1.82) is 0 Å². The second-order valence-corrected chi connectivity index (χ2v) is 26.2. The fraction of sp³-hybridized carbons (Fsp3) is 0.676. The van der Waals surface area contributed by atoms with Gasteiger partial charge in [0, 0.05) is 17.7 Å². The van der Waals surface area contributed by atoms with E-state index in [9.17, 15) is 9.59 Å². The first-order chi connectivity index (χ1) is 19.9. The number of benzene rings is 1. The third-order valence-corrected chi connectivity index (χ3v) is 14.6. The Morgan fingerprint density at radius 1 is 1.11 bits per heavy atom. The van der Waals surface area contributed by atoms with Gasteiger partial charge >= 0.3 is 6.09 Å². The number of ether oxygens (including phenoxy) is 1.